The fourth-order valence-electron chi connectivity index (χ4n) is 4.78. The van der Waals surface area contributed by atoms with Crippen molar-refractivity contribution in [1.82, 2.24) is 14.9 Å². The van der Waals surface area contributed by atoms with Crippen molar-refractivity contribution < 1.29 is 9.47 Å². The van der Waals surface area contributed by atoms with Crippen LogP contribution in [0.2, 0.25) is 0 Å². The lowest BCUT2D eigenvalue weighted by molar-refractivity contribution is 0.413. The number of rotatable bonds is 7. The van der Waals surface area contributed by atoms with E-state index >= 15 is 0 Å². The second kappa shape index (κ2) is 10.4. The molecule has 2 aromatic heterocycles. The number of aromatic nitrogens is 2. The topological polar surface area (TPSA) is 51.6 Å². The van der Waals surface area contributed by atoms with E-state index in [4.69, 9.17) is 21.7 Å². The van der Waals surface area contributed by atoms with Gasteiger partial charge in [0.1, 0.15) is 17.2 Å². The van der Waals surface area contributed by atoms with Gasteiger partial charge in [-0.15, -0.1) is 0 Å². The maximum atomic E-state index is 6.04. The third kappa shape index (κ3) is 4.71. The van der Waals surface area contributed by atoms with Crippen molar-refractivity contribution in [2.75, 3.05) is 12.0 Å². The van der Waals surface area contributed by atoms with E-state index in [9.17, 15) is 0 Å². The van der Waals surface area contributed by atoms with Crippen LogP contribution in [-0.4, -0.2) is 21.8 Å². The Morgan fingerprint density at radius 1 is 0.763 bits per heavy atom. The summed E-state index contributed by atoms with van der Waals surface area (Å²) in [7, 11) is 1.65. The molecule has 1 saturated heterocycles. The number of nitrogens with zero attached hydrogens (tertiary/aromatic N) is 3. The van der Waals surface area contributed by atoms with Crippen molar-refractivity contribution in [2.45, 2.75) is 12.1 Å². The summed E-state index contributed by atoms with van der Waals surface area (Å²) in [6.45, 7) is 0. The molecule has 3 heterocycles. The Labute approximate surface area is 227 Å². The molecular formula is C31H26N4O2S. The molecule has 0 unspecified atom stereocenters. The zero-order chi connectivity index (χ0) is 25.9. The Balaban J connectivity index is 1.32. The highest BCUT2D eigenvalue weighted by Gasteiger charge is 2.41. The number of hydrogen-bond acceptors (Lipinski definition) is 4. The number of nitrogens with one attached hydrogen (secondary N) is 1. The molecule has 5 aromatic rings. The number of methoxy groups -OCH3 is 1. The lowest BCUT2D eigenvalue weighted by Gasteiger charge is -2.27. The van der Waals surface area contributed by atoms with E-state index in [0.29, 0.717) is 5.11 Å². The van der Waals surface area contributed by atoms with Crippen molar-refractivity contribution in [3.05, 3.63) is 133 Å². The summed E-state index contributed by atoms with van der Waals surface area (Å²) in [5.74, 6) is 2.27. The van der Waals surface area contributed by atoms with Gasteiger partial charge in [-0.25, -0.2) is 0 Å². The largest absolute Gasteiger partial charge is 0.497 e. The SMILES string of the molecule is COc1ccc(Oc2ccc(N3C(=S)N[C@@H](c4ccccn4)[C@H]3c3ccn(-c4ccccc4)c3)cc2)cc1. The highest BCUT2D eigenvalue weighted by molar-refractivity contribution is 7.80. The van der Waals surface area contributed by atoms with Crippen molar-refractivity contribution in [2.24, 2.45) is 0 Å². The van der Waals surface area contributed by atoms with Gasteiger partial charge in [0.25, 0.3) is 0 Å². The third-order valence-corrected chi connectivity index (χ3v) is 6.93. The molecule has 0 radical (unpaired) electrons. The second-order valence-electron chi connectivity index (χ2n) is 8.96. The van der Waals surface area contributed by atoms with Gasteiger partial charge in [0.2, 0.25) is 0 Å². The molecule has 38 heavy (non-hydrogen) atoms. The van der Waals surface area contributed by atoms with Crippen LogP contribution in [0, 0.1) is 0 Å². The van der Waals surface area contributed by atoms with Crippen LogP contribution in [0.3, 0.4) is 0 Å². The Morgan fingerprint density at radius 3 is 2.13 bits per heavy atom. The van der Waals surface area contributed by atoms with Crippen molar-refractivity contribution in [1.29, 1.82) is 0 Å². The summed E-state index contributed by atoms with van der Waals surface area (Å²) in [4.78, 5) is 6.82. The molecule has 6 nitrogen and oxygen atoms in total. The molecule has 0 saturated carbocycles. The number of pyridine rings is 1. The molecule has 1 aliphatic rings. The molecule has 0 bridgehead atoms. The number of anilines is 1. The van der Waals surface area contributed by atoms with E-state index in [1.54, 1.807) is 7.11 Å². The van der Waals surface area contributed by atoms with Gasteiger partial charge in [-0.3, -0.25) is 4.98 Å². The van der Waals surface area contributed by atoms with Gasteiger partial charge >= 0.3 is 0 Å². The summed E-state index contributed by atoms with van der Waals surface area (Å²) in [5.41, 5.74) is 4.15. The lowest BCUT2D eigenvalue weighted by atomic mass is 9.98. The van der Waals surface area contributed by atoms with E-state index in [0.717, 1.165) is 39.9 Å². The zero-order valence-electron chi connectivity index (χ0n) is 20.8. The molecule has 6 rings (SSSR count). The first kappa shape index (κ1) is 23.8. The molecule has 2 atom stereocenters. The Bertz CT molecular complexity index is 1520. The predicted molar refractivity (Wildman–Crippen MR) is 153 cm³/mol. The summed E-state index contributed by atoms with van der Waals surface area (Å²) >= 11 is 5.88. The molecule has 1 aliphatic heterocycles. The monoisotopic (exact) mass is 518 g/mol. The highest BCUT2D eigenvalue weighted by atomic mass is 32.1. The lowest BCUT2D eigenvalue weighted by Crippen LogP contribution is -2.29. The number of para-hydroxylation sites is 1. The normalized spacial score (nSPS) is 16.8. The average Bonchev–Trinajstić information content (AvgIpc) is 3.60. The molecular weight excluding hydrogens is 492 g/mol. The zero-order valence-corrected chi connectivity index (χ0v) is 21.6. The fourth-order valence-corrected chi connectivity index (χ4v) is 5.12. The van der Waals surface area contributed by atoms with Gasteiger partial charge in [0, 0.05) is 30.0 Å². The Kier molecular flexibility index (Phi) is 6.50. The van der Waals surface area contributed by atoms with E-state index in [2.05, 4.69) is 50.4 Å². The Hall–Kier alpha value is -4.62. The number of hydrogen-bond donors (Lipinski definition) is 1. The summed E-state index contributed by atoms with van der Waals surface area (Å²) in [6.07, 6.45) is 6.07. The predicted octanol–water partition coefficient (Wildman–Crippen LogP) is 6.85. The minimum atomic E-state index is -0.106. The van der Waals surface area contributed by atoms with Crippen LogP contribution in [0.25, 0.3) is 5.69 Å². The second-order valence-corrected chi connectivity index (χ2v) is 9.34. The van der Waals surface area contributed by atoms with Crippen LogP contribution in [0.15, 0.2) is 122 Å². The first-order valence-corrected chi connectivity index (χ1v) is 12.8. The summed E-state index contributed by atoms with van der Waals surface area (Å²) < 4.78 is 13.4. The van der Waals surface area contributed by atoms with Gasteiger partial charge in [-0.05, 0) is 96.6 Å². The van der Waals surface area contributed by atoms with Crippen LogP contribution in [0.4, 0.5) is 5.69 Å². The van der Waals surface area contributed by atoms with E-state index in [-0.39, 0.29) is 12.1 Å². The molecule has 0 aliphatic carbocycles. The smallest absolute Gasteiger partial charge is 0.174 e. The van der Waals surface area contributed by atoms with E-state index in [1.807, 2.05) is 91.1 Å². The van der Waals surface area contributed by atoms with Crippen LogP contribution < -0.4 is 19.7 Å². The summed E-state index contributed by atoms with van der Waals surface area (Å²) in [5, 5.41) is 4.18. The highest BCUT2D eigenvalue weighted by Crippen LogP contribution is 2.42. The number of thiocarbonyl (C=S) groups is 1. The quantitative estimate of drug-likeness (QED) is 0.238. The average molecular weight is 519 g/mol. The number of benzene rings is 3. The molecule has 0 spiro atoms. The first-order chi connectivity index (χ1) is 18.7. The molecule has 1 fully saturated rings. The fraction of sp³-hybridized carbons (Fsp3) is 0.0968. The van der Waals surface area contributed by atoms with Crippen LogP contribution in [0.5, 0.6) is 17.2 Å². The van der Waals surface area contributed by atoms with Crippen molar-refractivity contribution in [3.63, 3.8) is 0 Å². The van der Waals surface area contributed by atoms with Gasteiger partial charge in [-0.2, -0.15) is 0 Å². The van der Waals surface area contributed by atoms with Crippen LogP contribution in [-0.2, 0) is 0 Å². The molecule has 188 valence electrons. The van der Waals surface area contributed by atoms with Gasteiger partial charge in [-0.1, -0.05) is 24.3 Å². The first-order valence-electron chi connectivity index (χ1n) is 12.4. The molecule has 1 N–H and O–H groups in total. The minimum absolute atomic E-state index is 0.0873. The summed E-state index contributed by atoms with van der Waals surface area (Å²) in [6, 6.07) is 33.7. The third-order valence-electron chi connectivity index (χ3n) is 6.62. The van der Waals surface area contributed by atoms with E-state index in [1.165, 1.54) is 0 Å². The van der Waals surface area contributed by atoms with Gasteiger partial charge < -0.3 is 24.3 Å². The maximum absolute atomic E-state index is 6.04. The van der Waals surface area contributed by atoms with Crippen molar-refractivity contribution in [3.8, 4) is 22.9 Å². The maximum Gasteiger partial charge on any atom is 0.174 e. The standard InChI is InChI=1S/C31H26N4O2S/c1-36-25-14-16-27(17-15-25)37-26-12-10-24(11-13-26)35-30(29(33-31(35)38)28-9-5-6-19-32-28)22-18-20-34(21-22)23-7-3-2-4-8-23/h2-21,29-30H,1H3,(H,33,38)/t29-,30+/m0/s1. The van der Waals surface area contributed by atoms with Crippen LogP contribution in [0.1, 0.15) is 23.3 Å². The van der Waals surface area contributed by atoms with Crippen LogP contribution >= 0.6 is 12.2 Å². The minimum Gasteiger partial charge on any atom is -0.497 e. The number of ether oxygens (including phenoxy) is 2. The van der Waals surface area contributed by atoms with Gasteiger partial charge in [0.05, 0.1) is 24.9 Å². The van der Waals surface area contributed by atoms with Gasteiger partial charge in [0.15, 0.2) is 5.11 Å². The van der Waals surface area contributed by atoms with Crippen molar-refractivity contribution >= 4 is 23.0 Å². The van der Waals surface area contributed by atoms with E-state index < -0.39 is 0 Å². The molecule has 3 aromatic carbocycles. The molecule has 7 heteroatoms. The molecule has 0 amide bonds. The Morgan fingerprint density at radius 2 is 1.45 bits per heavy atom.